The van der Waals surface area contributed by atoms with E-state index >= 15 is 0 Å². The summed E-state index contributed by atoms with van der Waals surface area (Å²) in [5.41, 5.74) is 8.25. The summed E-state index contributed by atoms with van der Waals surface area (Å²) >= 11 is 0. The zero-order valence-corrected chi connectivity index (χ0v) is 20.7. The van der Waals surface area contributed by atoms with Crippen LogP contribution >= 0.6 is 0 Å². The van der Waals surface area contributed by atoms with E-state index < -0.39 is 17.6 Å². The molecule has 10 heteroatoms. The van der Waals surface area contributed by atoms with Gasteiger partial charge in [-0.15, -0.1) is 0 Å². The minimum Gasteiger partial charge on any atom is -0.497 e. The third-order valence-corrected chi connectivity index (χ3v) is 6.70. The van der Waals surface area contributed by atoms with Gasteiger partial charge in [-0.2, -0.15) is 13.2 Å². The van der Waals surface area contributed by atoms with Crippen molar-refractivity contribution in [3.63, 3.8) is 0 Å². The van der Waals surface area contributed by atoms with Gasteiger partial charge in [0.2, 0.25) is 5.91 Å². The molecule has 0 atom stereocenters. The number of methoxy groups -OCH3 is 1. The number of benzene rings is 2. The number of rotatable bonds is 7. The average Bonchev–Trinajstić information content (AvgIpc) is 3.27. The van der Waals surface area contributed by atoms with Crippen molar-refractivity contribution in [1.29, 1.82) is 0 Å². The normalized spacial score (nSPS) is 14.6. The molecule has 1 saturated heterocycles. The topological polar surface area (TPSA) is 91.7 Å². The van der Waals surface area contributed by atoms with Crippen molar-refractivity contribution in [2.45, 2.75) is 19.5 Å². The number of halogens is 3. The molecule has 7 nitrogen and oxygen atoms in total. The first-order chi connectivity index (χ1) is 17.6. The van der Waals surface area contributed by atoms with E-state index in [1.807, 2.05) is 6.07 Å². The van der Waals surface area contributed by atoms with Crippen molar-refractivity contribution in [1.82, 2.24) is 14.8 Å². The van der Waals surface area contributed by atoms with Crippen LogP contribution in [0.2, 0.25) is 0 Å². The molecule has 1 aliphatic rings. The molecule has 0 unspecified atom stereocenters. The molecule has 2 amide bonds. The molecule has 0 bridgehead atoms. The van der Waals surface area contributed by atoms with E-state index in [-0.39, 0.29) is 5.91 Å². The number of aromatic nitrogens is 1. The number of alkyl halides is 3. The smallest absolute Gasteiger partial charge is 0.416 e. The summed E-state index contributed by atoms with van der Waals surface area (Å²) in [4.78, 5) is 31.6. The van der Waals surface area contributed by atoms with Gasteiger partial charge < -0.3 is 20.4 Å². The van der Waals surface area contributed by atoms with Gasteiger partial charge in [-0.05, 0) is 41.8 Å². The van der Waals surface area contributed by atoms with Crippen molar-refractivity contribution < 1.29 is 27.5 Å². The monoisotopic (exact) mass is 514 g/mol. The molecule has 1 fully saturated rings. The van der Waals surface area contributed by atoms with E-state index in [1.54, 1.807) is 30.0 Å². The molecular formula is C27H29F3N4O3. The number of carbonyl (C=O) groups excluding carboxylic acids is 2. The number of piperazine rings is 1. The van der Waals surface area contributed by atoms with Gasteiger partial charge >= 0.3 is 6.18 Å². The molecule has 2 heterocycles. The Morgan fingerprint density at radius 2 is 1.68 bits per heavy atom. The van der Waals surface area contributed by atoms with Gasteiger partial charge in [0.25, 0.3) is 5.91 Å². The van der Waals surface area contributed by atoms with E-state index in [1.165, 1.54) is 19.2 Å². The molecule has 196 valence electrons. The lowest BCUT2D eigenvalue weighted by atomic mass is 9.97. The Balaban J connectivity index is 1.74. The van der Waals surface area contributed by atoms with Crippen LogP contribution in [0.3, 0.4) is 0 Å². The molecule has 3 N–H and O–H groups in total. The second-order valence-corrected chi connectivity index (χ2v) is 9.00. The maximum Gasteiger partial charge on any atom is 0.416 e. The van der Waals surface area contributed by atoms with Crippen LogP contribution in [0.1, 0.15) is 28.4 Å². The van der Waals surface area contributed by atoms with Crippen LogP contribution in [-0.4, -0.2) is 66.4 Å². The first-order valence-corrected chi connectivity index (χ1v) is 11.9. The summed E-state index contributed by atoms with van der Waals surface area (Å²) in [5, 5.41) is 0. The molecular weight excluding hydrogens is 485 g/mol. The second kappa shape index (κ2) is 10.7. The van der Waals surface area contributed by atoms with Crippen molar-refractivity contribution in [3.8, 4) is 28.3 Å². The highest BCUT2D eigenvalue weighted by Crippen LogP contribution is 2.37. The predicted octanol–water partition coefficient (Wildman–Crippen LogP) is 4.18. The maximum atomic E-state index is 13.2. The van der Waals surface area contributed by atoms with Crippen LogP contribution < -0.4 is 10.5 Å². The highest BCUT2D eigenvalue weighted by atomic mass is 19.4. The Hall–Kier alpha value is -3.79. The van der Waals surface area contributed by atoms with E-state index in [4.69, 9.17) is 10.5 Å². The standard InChI is InChI=1S/C27H29F3N4O3/c1-17(35)34-14-12-33(13-15-34)11-10-22-23(26(31)36)25(19-4-3-5-21(16-19)37-2)32-24(22)18-6-8-20(9-7-18)27(28,29)30/h3-9,16,32H,10-15H2,1-2H3,(H2,31,36). The van der Waals surface area contributed by atoms with Gasteiger partial charge in [-0.3, -0.25) is 14.5 Å². The Labute approximate surface area is 213 Å². The minimum absolute atomic E-state index is 0.0359. The molecule has 0 spiro atoms. The van der Waals surface area contributed by atoms with Gasteiger partial charge in [0.15, 0.2) is 0 Å². The van der Waals surface area contributed by atoms with Crippen LogP contribution in [0.4, 0.5) is 13.2 Å². The second-order valence-electron chi connectivity index (χ2n) is 9.00. The first kappa shape index (κ1) is 26.3. The lowest BCUT2D eigenvalue weighted by Crippen LogP contribution is -2.48. The summed E-state index contributed by atoms with van der Waals surface area (Å²) in [6.07, 6.45) is -4.02. The van der Waals surface area contributed by atoms with E-state index in [0.717, 1.165) is 12.1 Å². The fourth-order valence-corrected chi connectivity index (χ4v) is 4.68. The number of aromatic amines is 1. The van der Waals surface area contributed by atoms with Gasteiger partial charge in [-0.25, -0.2) is 0 Å². The van der Waals surface area contributed by atoms with Crippen LogP contribution in [0, 0.1) is 0 Å². The van der Waals surface area contributed by atoms with E-state index in [2.05, 4.69) is 9.88 Å². The molecule has 1 aliphatic heterocycles. The number of nitrogens with zero attached hydrogens (tertiary/aromatic N) is 2. The first-order valence-electron chi connectivity index (χ1n) is 11.9. The Morgan fingerprint density at radius 1 is 1.00 bits per heavy atom. The van der Waals surface area contributed by atoms with Crippen LogP contribution in [0.15, 0.2) is 48.5 Å². The Bertz CT molecular complexity index is 1280. The number of nitrogens with two attached hydrogens (primary N) is 1. The largest absolute Gasteiger partial charge is 0.497 e. The Kier molecular flexibility index (Phi) is 7.58. The molecule has 4 rings (SSSR count). The summed E-state index contributed by atoms with van der Waals surface area (Å²) in [6, 6.07) is 12.0. The number of hydrogen-bond donors (Lipinski definition) is 2. The molecule has 3 aromatic rings. The molecule has 0 saturated carbocycles. The van der Waals surface area contributed by atoms with Crippen LogP contribution in [0.25, 0.3) is 22.5 Å². The van der Waals surface area contributed by atoms with Crippen molar-refractivity contribution in [3.05, 3.63) is 65.2 Å². The number of amides is 2. The van der Waals surface area contributed by atoms with Crippen LogP contribution in [0.5, 0.6) is 5.75 Å². The van der Waals surface area contributed by atoms with Gasteiger partial charge in [0, 0.05) is 50.9 Å². The zero-order chi connectivity index (χ0) is 26.7. The maximum absolute atomic E-state index is 13.2. The lowest BCUT2D eigenvalue weighted by Gasteiger charge is -2.34. The molecule has 2 aromatic carbocycles. The van der Waals surface area contributed by atoms with Crippen molar-refractivity contribution in [2.24, 2.45) is 5.73 Å². The third-order valence-electron chi connectivity index (χ3n) is 6.70. The number of nitrogens with one attached hydrogen (secondary N) is 1. The van der Waals surface area contributed by atoms with Gasteiger partial charge in [-0.1, -0.05) is 24.3 Å². The summed E-state index contributed by atoms with van der Waals surface area (Å²) in [7, 11) is 1.54. The van der Waals surface area contributed by atoms with Crippen LogP contribution in [-0.2, 0) is 17.4 Å². The molecule has 1 aromatic heterocycles. The number of ether oxygens (including phenoxy) is 1. The van der Waals surface area contributed by atoms with E-state index in [0.29, 0.717) is 78.5 Å². The summed E-state index contributed by atoms with van der Waals surface area (Å²) in [6.45, 7) is 4.75. The van der Waals surface area contributed by atoms with Gasteiger partial charge in [0.05, 0.1) is 23.9 Å². The molecule has 0 radical (unpaired) electrons. The molecule has 37 heavy (non-hydrogen) atoms. The zero-order valence-electron chi connectivity index (χ0n) is 20.7. The van der Waals surface area contributed by atoms with Crippen molar-refractivity contribution >= 4 is 11.8 Å². The Morgan fingerprint density at radius 3 is 2.24 bits per heavy atom. The fourth-order valence-electron chi connectivity index (χ4n) is 4.68. The highest BCUT2D eigenvalue weighted by Gasteiger charge is 2.31. The number of H-pyrrole nitrogens is 1. The minimum atomic E-state index is -4.46. The average molecular weight is 515 g/mol. The van der Waals surface area contributed by atoms with Gasteiger partial charge in [0.1, 0.15) is 5.75 Å². The number of carbonyl (C=O) groups is 2. The fraction of sp³-hybridized carbons (Fsp3) is 0.333. The van der Waals surface area contributed by atoms with E-state index in [9.17, 15) is 22.8 Å². The highest BCUT2D eigenvalue weighted by molar-refractivity contribution is 6.03. The number of hydrogen-bond acceptors (Lipinski definition) is 4. The third kappa shape index (κ3) is 5.80. The molecule has 0 aliphatic carbocycles. The predicted molar refractivity (Wildman–Crippen MR) is 134 cm³/mol. The quantitative estimate of drug-likeness (QED) is 0.495. The lowest BCUT2D eigenvalue weighted by molar-refractivity contribution is -0.137. The SMILES string of the molecule is COc1cccc(-c2[nH]c(-c3ccc(C(F)(F)F)cc3)c(CCN3CCN(C(C)=O)CC3)c2C(N)=O)c1. The summed E-state index contributed by atoms with van der Waals surface area (Å²) in [5.74, 6) is -0.0130. The number of primary amides is 1. The van der Waals surface area contributed by atoms with Crippen molar-refractivity contribution in [2.75, 3.05) is 39.8 Å². The summed E-state index contributed by atoms with van der Waals surface area (Å²) < 4.78 is 44.8.